The highest BCUT2D eigenvalue weighted by Gasteiger charge is 2.36. The fraction of sp³-hybridized carbons (Fsp3) is 0.375. The summed E-state index contributed by atoms with van der Waals surface area (Å²) in [4.78, 5) is 25.5. The third-order valence-electron chi connectivity index (χ3n) is 4.22. The molecule has 1 N–H and O–H groups in total. The molecule has 1 aliphatic rings. The fourth-order valence-electron chi connectivity index (χ4n) is 2.88. The molecule has 0 radical (unpaired) electrons. The first kappa shape index (κ1) is 16.4. The number of halogens is 1. The number of carboxylic acids is 1. The van der Waals surface area contributed by atoms with Crippen LogP contribution in [0.25, 0.3) is 5.69 Å². The molecule has 0 aliphatic carbocycles. The number of benzene rings is 1. The zero-order valence-corrected chi connectivity index (χ0v) is 13.8. The highest BCUT2D eigenvalue weighted by Crippen LogP contribution is 2.24. The third-order valence-corrected chi connectivity index (χ3v) is 4.54. The van der Waals surface area contributed by atoms with Crippen molar-refractivity contribution >= 4 is 23.5 Å². The Labute approximate surface area is 143 Å². The molecule has 1 saturated heterocycles. The largest absolute Gasteiger partial charge is 0.480 e. The minimum atomic E-state index is -0.992. The van der Waals surface area contributed by atoms with E-state index in [1.165, 1.54) is 15.8 Å². The van der Waals surface area contributed by atoms with Gasteiger partial charge in [0, 0.05) is 6.54 Å². The van der Waals surface area contributed by atoms with Crippen LogP contribution >= 0.6 is 11.6 Å². The minimum absolute atomic E-state index is 0.107. The summed E-state index contributed by atoms with van der Waals surface area (Å²) < 4.78 is 1.41. The van der Waals surface area contributed by atoms with E-state index in [9.17, 15) is 14.7 Å². The van der Waals surface area contributed by atoms with Gasteiger partial charge in [-0.25, -0.2) is 9.48 Å². The molecule has 2 aromatic rings. The van der Waals surface area contributed by atoms with Gasteiger partial charge < -0.3 is 10.0 Å². The predicted molar refractivity (Wildman–Crippen MR) is 87.2 cm³/mol. The summed E-state index contributed by atoms with van der Waals surface area (Å²) in [6.45, 7) is 2.39. The van der Waals surface area contributed by atoms with E-state index in [4.69, 9.17) is 11.6 Å². The second kappa shape index (κ2) is 6.60. The summed E-state index contributed by atoms with van der Waals surface area (Å²) in [6, 6.07) is 6.24. The van der Waals surface area contributed by atoms with Crippen molar-refractivity contribution < 1.29 is 14.7 Å². The van der Waals surface area contributed by atoms with Crippen LogP contribution in [0.2, 0.25) is 5.02 Å². The number of carboxylic acid groups (broad SMARTS) is 1. The van der Waals surface area contributed by atoms with Gasteiger partial charge in [0.25, 0.3) is 5.91 Å². The standard InChI is InChI=1S/C16H17ClN4O3/c1-10-6-7-20(14(8-10)16(23)24)15(22)12-9-21(19-18-12)13-5-3-2-4-11(13)17/h2-5,9-10,14H,6-8H2,1H3,(H,23,24). The van der Waals surface area contributed by atoms with Crippen LogP contribution in [0.1, 0.15) is 30.3 Å². The summed E-state index contributed by atoms with van der Waals surface area (Å²) >= 11 is 6.12. The lowest BCUT2D eigenvalue weighted by Gasteiger charge is -2.35. The lowest BCUT2D eigenvalue weighted by Crippen LogP contribution is -2.49. The molecule has 0 saturated carbocycles. The van der Waals surface area contributed by atoms with Crippen LogP contribution in [-0.4, -0.2) is 49.5 Å². The van der Waals surface area contributed by atoms with E-state index in [0.29, 0.717) is 23.7 Å². The number of rotatable bonds is 3. The Kier molecular flexibility index (Phi) is 4.53. The molecule has 3 rings (SSSR count). The van der Waals surface area contributed by atoms with E-state index in [-0.39, 0.29) is 11.6 Å². The number of carbonyl (C=O) groups excluding carboxylic acids is 1. The first-order valence-corrected chi connectivity index (χ1v) is 8.06. The van der Waals surface area contributed by atoms with E-state index >= 15 is 0 Å². The van der Waals surface area contributed by atoms with Gasteiger partial charge >= 0.3 is 5.97 Å². The topological polar surface area (TPSA) is 88.3 Å². The van der Waals surface area contributed by atoms with E-state index in [2.05, 4.69) is 10.3 Å². The van der Waals surface area contributed by atoms with Crippen LogP contribution in [0.5, 0.6) is 0 Å². The number of likely N-dealkylation sites (tertiary alicyclic amines) is 1. The van der Waals surface area contributed by atoms with Gasteiger partial charge in [-0.15, -0.1) is 5.10 Å². The van der Waals surface area contributed by atoms with Crippen molar-refractivity contribution in [2.24, 2.45) is 5.92 Å². The molecule has 1 fully saturated rings. The van der Waals surface area contributed by atoms with Crippen molar-refractivity contribution in [1.29, 1.82) is 0 Å². The monoisotopic (exact) mass is 348 g/mol. The van der Waals surface area contributed by atoms with Gasteiger partial charge in [0.15, 0.2) is 5.69 Å². The zero-order chi connectivity index (χ0) is 17.3. The third kappa shape index (κ3) is 3.12. The van der Waals surface area contributed by atoms with Gasteiger partial charge in [-0.1, -0.05) is 35.9 Å². The second-order valence-electron chi connectivity index (χ2n) is 5.98. The van der Waals surface area contributed by atoms with E-state index < -0.39 is 17.9 Å². The Morgan fingerprint density at radius 2 is 2.08 bits per heavy atom. The number of aromatic nitrogens is 3. The normalized spacial score (nSPS) is 20.8. The van der Waals surface area contributed by atoms with E-state index in [1.54, 1.807) is 24.3 Å². The van der Waals surface area contributed by atoms with Crippen LogP contribution in [0.15, 0.2) is 30.5 Å². The molecule has 1 aromatic heterocycles. The first-order valence-electron chi connectivity index (χ1n) is 7.68. The number of nitrogens with zero attached hydrogens (tertiary/aromatic N) is 4. The maximum absolute atomic E-state index is 12.7. The maximum atomic E-state index is 12.7. The Morgan fingerprint density at radius 3 is 2.79 bits per heavy atom. The summed E-state index contributed by atoms with van der Waals surface area (Å²) in [5.74, 6) is -1.14. The zero-order valence-electron chi connectivity index (χ0n) is 13.1. The maximum Gasteiger partial charge on any atom is 0.326 e. The molecule has 1 amide bonds. The lowest BCUT2D eigenvalue weighted by molar-refractivity contribution is -0.144. The number of para-hydroxylation sites is 1. The number of piperidine rings is 1. The molecule has 1 aromatic carbocycles. The quantitative estimate of drug-likeness (QED) is 0.919. The van der Waals surface area contributed by atoms with Crippen LogP contribution in [0.4, 0.5) is 0 Å². The van der Waals surface area contributed by atoms with Gasteiger partial charge in [-0.05, 0) is 30.9 Å². The van der Waals surface area contributed by atoms with Gasteiger partial charge in [0.1, 0.15) is 6.04 Å². The molecule has 24 heavy (non-hydrogen) atoms. The van der Waals surface area contributed by atoms with Crippen molar-refractivity contribution in [2.75, 3.05) is 6.54 Å². The second-order valence-corrected chi connectivity index (χ2v) is 6.39. The van der Waals surface area contributed by atoms with Crippen molar-refractivity contribution in [2.45, 2.75) is 25.8 Å². The highest BCUT2D eigenvalue weighted by atomic mass is 35.5. The molecule has 2 unspecified atom stereocenters. The molecule has 2 atom stereocenters. The highest BCUT2D eigenvalue weighted by molar-refractivity contribution is 6.32. The van der Waals surface area contributed by atoms with Gasteiger partial charge in [-0.2, -0.15) is 0 Å². The van der Waals surface area contributed by atoms with Gasteiger partial charge in [0.05, 0.1) is 16.9 Å². The van der Waals surface area contributed by atoms with Crippen molar-refractivity contribution in [3.63, 3.8) is 0 Å². The Balaban J connectivity index is 1.85. The lowest BCUT2D eigenvalue weighted by atomic mass is 9.92. The van der Waals surface area contributed by atoms with Gasteiger partial charge in [0.2, 0.25) is 0 Å². The number of hydrogen-bond donors (Lipinski definition) is 1. The Morgan fingerprint density at radius 1 is 1.33 bits per heavy atom. The smallest absolute Gasteiger partial charge is 0.326 e. The molecule has 1 aliphatic heterocycles. The summed E-state index contributed by atoms with van der Waals surface area (Å²) in [5.41, 5.74) is 0.712. The van der Waals surface area contributed by atoms with E-state index in [0.717, 1.165) is 6.42 Å². The van der Waals surface area contributed by atoms with Crippen LogP contribution in [0, 0.1) is 5.92 Å². The minimum Gasteiger partial charge on any atom is -0.480 e. The average Bonchev–Trinajstić information content (AvgIpc) is 3.04. The average molecular weight is 349 g/mol. The Hall–Kier alpha value is -2.41. The van der Waals surface area contributed by atoms with Crippen LogP contribution in [-0.2, 0) is 4.79 Å². The molecule has 7 nitrogen and oxygen atoms in total. The molecule has 0 bridgehead atoms. The molecular weight excluding hydrogens is 332 g/mol. The van der Waals surface area contributed by atoms with Crippen LogP contribution < -0.4 is 0 Å². The SMILES string of the molecule is CC1CCN(C(=O)c2cn(-c3ccccc3Cl)nn2)C(C(=O)O)C1. The first-order chi connectivity index (χ1) is 11.5. The Bertz CT molecular complexity index is 776. The van der Waals surface area contributed by atoms with Crippen molar-refractivity contribution in [3.05, 3.63) is 41.2 Å². The van der Waals surface area contributed by atoms with Crippen LogP contribution in [0.3, 0.4) is 0 Å². The molecule has 0 spiro atoms. The number of carbonyl (C=O) groups is 2. The van der Waals surface area contributed by atoms with Gasteiger partial charge in [-0.3, -0.25) is 4.79 Å². The predicted octanol–water partition coefficient (Wildman–Crippen LogP) is 2.25. The number of hydrogen-bond acceptors (Lipinski definition) is 4. The van der Waals surface area contributed by atoms with Crippen molar-refractivity contribution in [1.82, 2.24) is 19.9 Å². The summed E-state index contributed by atoms with van der Waals surface area (Å²) in [6.07, 6.45) is 2.69. The number of amides is 1. The van der Waals surface area contributed by atoms with Crippen molar-refractivity contribution in [3.8, 4) is 5.69 Å². The molecule has 2 heterocycles. The molecule has 8 heteroatoms. The fourth-order valence-corrected chi connectivity index (χ4v) is 3.11. The summed E-state index contributed by atoms with van der Waals surface area (Å²) in [5, 5.41) is 17.7. The van der Waals surface area contributed by atoms with E-state index in [1.807, 2.05) is 6.92 Å². The number of aliphatic carboxylic acids is 1. The molecular formula is C16H17ClN4O3. The molecule has 126 valence electrons. The summed E-state index contributed by atoms with van der Waals surface area (Å²) in [7, 11) is 0.